The van der Waals surface area contributed by atoms with E-state index in [9.17, 15) is 4.79 Å². The first-order valence-corrected chi connectivity index (χ1v) is 6.13. The lowest BCUT2D eigenvalue weighted by atomic mass is 10.1. The maximum Gasteiger partial charge on any atom is 0.151 e. The first kappa shape index (κ1) is 12.3. The number of hydrogen-bond acceptors (Lipinski definition) is 3. The average molecular weight is 233 g/mol. The van der Waals surface area contributed by atoms with E-state index in [0.29, 0.717) is 13.0 Å². The molecule has 1 atom stereocenters. The summed E-state index contributed by atoms with van der Waals surface area (Å²) in [6.45, 7) is 5.06. The first-order chi connectivity index (χ1) is 8.24. The van der Waals surface area contributed by atoms with Crippen LogP contribution < -0.4 is 0 Å². The van der Waals surface area contributed by atoms with Crippen molar-refractivity contribution in [1.82, 2.24) is 4.90 Å². The molecule has 1 aromatic rings. The highest BCUT2D eigenvalue weighted by molar-refractivity contribution is 5.82. The number of hydrogen-bond donors (Lipinski definition) is 0. The molecule has 0 saturated carbocycles. The Kier molecular flexibility index (Phi) is 4.29. The summed E-state index contributed by atoms with van der Waals surface area (Å²) in [5, 5.41) is 0. The van der Waals surface area contributed by atoms with Crippen molar-refractivity contribution in [3.63, 3.8) is 0 Å². The van der Waals surface area contributed by atoms with E-state index in [1.807, 2.05) is 37.3 Å². The van der Waals surface area contributed by atoms with Gasteiger partial charge in [0, 0.05) is 19.5 Å². The number of nitrogens with zero attached hydrogens (tertiary/aromatic N) is 1. The molecule has 92 valence electrons. The maximum atomic E-state index is 11.9. The van der Waals surface area contributed by atoms with Crippen molar-refractivity contribution in [2.24, 2.45) is 0 Å². The zero-order valence-electron chi connectivity index (χ0n) is 10.3. The maximum absolute atomic E-state index is 11.9. The highest BCUT2D eigenvalue weighted by Crippen LogP contribution is 2.06. The highest BCUT2D eigenvalue weighted by atomic mass is 16.5. The Morgan fingerprint density at radius 3 is 2.88 bits per heavy atom. The normalized spacial score (nSPS) is 21.4. The summed E-state index contributed by atoms with van der Waals surface area (Å²) in [5.41, 5.74) is 1.10. The Hall–Kier alpha value is -1.19. The van der Waals surface area contributed by atoms with Crippen LogP contribution in [0.25, 0.3) is 0 Å². The average Bonchev–Trinajstić information content (AvgIpc) is 2.30. The molecule has 0 radical (unpaired) electrons. The van der Waals surface area contributed by atoms with E-state index in [1.54, 1.807) is 0 Å². The summed E-state index contributed by atoms with van der Waals surface area (Å²) in [6.07, 6.45) is 0.778. The summed E-state index contributed by atoms with van der Waals surface area (Å²) in [6, 6.07) is 9.91. The van der Waals surface area contributed by atoms with E-state index in [1.165, 1.54) is 0 Å². The fraction of sp³-hybridized carbons (Fsp3) is 0.500. The van der Waals surface area contributed by atoms with Gasteiger partial charge in [-0.1, -0.05) is 30.3 Å². The minimum absolute atomic E-state index is 0.244. The monoisotopic (exact) mass is 233 g/mol. The number of ketones is 1. The number of benzene rings is 1. The fourth-order valence-electron chi connectivity index (χ4n) is 2.16. The molecule has 1 heterocycles. The van der Waals surface area contributed by atoms with Crippen LogP contribution in [0.4, 0.5) is 0 Å². The van der Waals surface area contributed by atoms with E-state index in [0.717, 1.165) is 25.3 Å². The van der Waals surface area contributed by atoms with Crippen LogP contribution in [0.3, 0.4) is 0 Å². The lowest BCUT2D eigenvalue weighted by Crippen LogP contribution is -2.43. The fourth-order valence-corrected chi connectivity index (χ4v) is 2.16. The second-order valence-electron chi connectivity index (χ2n) is 4.62. The largest absolute Gasteiger partial charge is 0.376 e. The molecule has 3 nitrogen and oxygen atoms in total. The second kappa shape index (κ2) is 5.94. The van der Waals surface area contributed by atoms with Crippen molar-refractivity contribution in [3.05, 3.63) is 35.9 Å². The third-order valence-electron chi connectivity index (χ3n) is 2.97. The van der Waals surface area contributed by atoms with Gasteiger partial charge in [-0.2, -0.15) is 0 Å². The van der Waals surface area contributed by atoms with Crippen molar-refractivity contribution in [3.8, 4) is 0 Å². The zero-order valence-corrected chi connectivity index (χ0v) is 10.3. The predicted octanol–water partition coefficient (Wildman–Crippen LogP) is 1.52. The Labute approximate surface area is 102 Å². The Balaban J connectivity index is 1.81. The molecule has 2 rings (SSSR count). The van der Waals surface area contributed by atoms with E-state index in [2.05, 4.69) is 4.90 Å². The minimum atomic E-state index is 0.244. The molecule has 1 fully saturated rings. The van der Waals surface area contributed by atoms with Crippen LogP contribution in [-0.2, 0) is 16.0 Å². The molecule has 17 heavy (non-hydrogen) atoms. The molecule has 0 amide bonds. The Morgan fingerprint density at radius 1 is 1.41 bits per heavy atom. The summed E-state index contributed by atoms with van der Waals surface area (Å²) in [5.74, 6) is 0.283. The number of carbonyl (C=O) groups excluding carboxylic acids is 1. The van der Waals surface area contributed by atoms with Gasteiger partial charge in [0.1, 0.15) is 0 Å². The third kappa shape index (κ3) is 3.95. The molecule has 1 unspecified atom stereocenters. The van der Waals surface area contributed by atoms with E-state index >= 15 is 0 Å². The first-order valence-electron chi connectivity index (χ1n) is 6.13. The minimum Gasteiger partial charge on any atom is -0.376 e. The van der Waals surface area contributed by atoms with Crippen LogP contribution in [0, 0.1) is 0 Å². The smallest absolute Gasteiger partial charge is 0.151 e. The highest BCUT2D eigenvalue weighted by Gasteiger charge is 2.18. The summed E-state index contributed by atoms with van der Waals surface area (Å²) >= 11 is 0. The molecular weight excluding hydrogens is 214 g/mol. The van der Waals surface area contributed by atoms with Crippen LogP contribution in [0.15, 0.2) is 30.3 Å². The van der Waals surface area contributed by atoms with Gasteiger partial charge in [-0.05, 0) is 12.5 Å². The van der Waals surface area contributed by atoms with Crippen LogP contribution in [0.2, 0.25) is 0 Å². The second-order valence-corrected chi connectivity index (χ2v) is 4.62. The predicted molar refractivity (Wildman–Crippen MR) is 67.0 cm³/mol. The topological polar surface area (TPSA) is 29.5 Å². The number of ether oxygens (including phenoxy) is 1. The quantitative estimate of drug-likeness (QED) is 0.789. The number of morpholine rings is 1. The Bertz CT molecular complexity index is 364. The summed E-state index contributed by atoms with van der Waals surface area (Å²) in [4.78, 5) is 14.1. The standard InChI is InChI=1S/C14H19NO2/c1-12-10-15(7-8-17-12)11-14(16)9-13-5-3-2-4-6-13/h2-6,12H,7-11H2,1H3. The van der Waals surface area contributed by atoms with Gasteiger partial charge in [0.25, 0.3) is 0 Å². The van der Waals surface area contributed by atoms with Gasteiger partial charge >= 0.3 is 0 Å². The molecule has 0 bridgehead atoms. The number of Topliss-reactive ketones (excluding diaryl/α,β-unsaturated/α-hetero) is 1. The zero-order chi connectivity index (χ0) is 12.1. The Morgan fingerprint density at radius 2 is 2.18 bits per heavy atom. The van der Waals surface area contributed by atoms with Crippen LogP contribution >= 0.6 is 0 Å². The molecule has 0 aliphatic carbocycles. The van der Waals surface area contributed by atoms with Crippen LogP contribution in [0.5, 0.6) is 0 Å². The molecule has 1 aliphatic heterocycles. The van der Waals surface area contributed by atoms with Gasteiger partial charge in [-0.3, -0.25) is 9.69 Å². The number of carbonyl (C=O) groups is 1. The van der Waals surface area contributed by atoms with E-state index in [4.69, 9.17) is 4.74 Å². The van der Waals surface area contributed by atoms with Gasteiger partial charge in [0.2, 0.25) is 0 Å². The molecule has 1 saturated heterocycles. The van der Waals surface area contributed by atoms with E-state index in [-0.39, 0.29) is 11.9 Å². The molecular formula is C14H19NO2. The van der Waals surface area contributed by atoms with Crippen molar-refractivity contribution >= 4 is 5.78 Å². The van der Waals surface area contributed by atoms with Crippen molar-refractivity contribution in [2.45, 2.75) is 19.4 Å². The molecule has 3 heteroatoms. The SMILES string of the molecule is CC1CN(CC(=O)Cc2ccccc2)CCO1. The lowest BCUT2D eigenvalue weighted by molar-refractivity contribution is -0.121. The van der Waals surface area contributed by atoms with Crippen LogP contribution in [-0.4, -0.2) is 43.0 Å². The summed E-state index contributed by atoms with van der Waals surface area (Å²) in [7, 11) is 0. The van der Waals surface area contributed by atoms with Gasteiger partial charge in [0.15, 0.2) is 5.78 Å². The van der Waals surface area contributed by atoms with Crippen molar-refractivity contribution < 1.29 is 9.53 Å². The molecule has 1 aliphatic rings. The molecule has 0 spiro atoms. The molecule has 0 aromatic heterocycles. The van der Waals surface area contributed by atoms with E-state index < -0.39 is 0 Å². The van der Waals surface area contributed by atoms with Gasteiger partial charge < -0.3 is 4.74 Å². The van der Waals surface area contributed by atoms with Gasteiger partial charge in [0.05, 0.1) is 19.3 Å². The summed E-state index contributed by atoms with van der Waals surface area (Å²) < 4.78 is 5.45. The number of rotatable bonds is 4. The van der Waals surface area contributed by atoms with Crippen molar-refractivity contribution in [1.29, 1.82) is 0 Å². The van der Waals surface area contributed by atoms with Gasteiger partial charge in [-0.15, -0.1) is 0 Å². The third-order valence-corrected chi connectivity index (χ3v) is 2.97. The van der Waals surface area contributed by atoms with Crippen molar-refractivity contribution in [2.75, 3.05) is 26.2 Å². The lowest BCUT2D eigenvalue weighted by Gasteiger charge is -2.30. The molecule has 1 aromatic carbocycles. The van der Waals surface area contributed by atoms with Gasteiger partial charge in [-0.25, -0.2) is 0 Å². The van der Waals surface area contributed by atoms with Crippen LogP contribution in [0.1, 0.15) is 12.5 Å². The molecule has 0 N–H and O–H groups in total.